The van der Waals surface area contributed by atoms with Gasteiger partial charge in [0.1, 0.15) is 5.75 Å². The number of thioether (sulfide) groups is 1. The number of hydrogen-bond donors (Lipinski definition) is 1. The van der Waals surface area contributed by atoms with Crippen molar-refractivity contribution in [2.24, 2.45) is 0 Å². The summed E-state index contributed by atoms with van der Waals surface area (Å²) in [5.41, 5.74) is 0.415. The molecule has 138 valence electrons. The first-order chi connectivity index (χ1) is 12.4. The van der Waals surface area contributed by atoms with Crippen LogP contribution in [0.15, 0.2) is 41.3 Å². The van der Waals surface area contributed by atoms with Gasteiger partial charge in [-0.2, -0.15) is 0 Å². The normalized spacial score (nSPS) is 16.5. The van der Waals surface area contributed by atoms with E-state index in [0.29, 0.717) is 26.7 Å². The highest BCUT2D eigenvalue weighted by molar-refractivity contribution is 8.01. The summed E-state index contributed by atoms with van der Waals surface area (Å²) in [6.07, 6.45) is 1.85. The fourth-order valence-corrected chi connectivity index (χ4v) is 4.72. The molecule has 1 aliphatic heterocycles. The average molecular weight is 413 g/mol. The molecule has 0 aliphatic carbocycles. The zero-order valence-electron chi connectivity index (χ0n) is 13.8. The Kier molecular flexibility index (Phi) is 5.49. The number of rotatable bonds is 6. The van der Waals surface area contributed by atoms with Crippen LogP contribution in [0.5, 0.6) is 5.75 Å². The van der Waals surface area contributed by atoms with Crippen LogP contribution < -0.4 is 14.4 Å². The Hall–Kier alpha value is -2.11. The van der Waals surface area contributed by atoms with E-state index >= 15 is 0 Å². The van der Waals surface area contributed by atoms with Gasteiger partial charge in [-0.15, -0.1) is 16.8 Å². The molecule has 1 aliphatic rings. The third-order valence-electron chi connectivity index (χ3n) is 3.39. The molecule has 1 aromatic heterocycles. The van der Waals surface area contributed by atoms with Gasteiger partial charge in [0, 0.05) is 5.75 Å². The Morgan fingerprint density at radius 3 is 3.00 bits per heavy atom. The number of fused-ring (bicyclic) bond motifs is 1. The minimum Gasteiger partial charge on any atom is -0.476 e. The highest BCUT2D eigenvalue weighted by atomic mass is 32.2. The number of carbonyl (C=O) groups excluding carboxylic acids is 1. The molecule has 0 saturated carbocycles. The summed E-state index contributed by atoms with van der Waals surface area (Å²) in [5, 5.41) is 10.8. The van der Waals surface area contributed by atoms with Gasteiger partial charge >= 0.3 is 0 Å². The number of anilines is 2. The number of aromatic nitrogens is 2. The molecule has 1 amide bonds. The van der Waals surface area contributed by atoms with E-state index in [1.165, 1.54) is 27.4 Å². The Morgan fingerprint density at radius 2 is 2.27 bits per heavy atom. The van der Waals surface area contributed by atoms with Crippen molar-refractivity contribution in [3.63, 3.8) is 0 Å². The van der Waals surface area contributed by atoms with Gasteiger partial charge in [-0.3, -0.25) is 14.4 Å². The topological polar surface area (TPSA) is 101 Å². The van der Waals surface area contributed by atoms with Crippen molar-refractivity contribution in [2.45, 2.75) is 10.4 Å². The van der Waals surface area contributed by atoms with E-state index in [4.69, 9.17) is 4.74 Å². The number of sulfonamides is 1. The average Bonchev–Trinajstić information content (AvgIpc) is 3.05. The lowest BCUT2D eigenvalue weighted by molar-refractivity contribution is -0.122. The van der Waals surface area contributed by atoms with Gasteiger partial charge in [-0.05, 0) is 12.1 Å². The van der Waals surface area contributed by atoms with Crippen LogP contribution in [-0.2, 0) is 14.8 Å². The zero-order chi connectivity index (χ0) is 18.7. The summed E-state index contributed by atoms with van der Waals surface area (Å²) in [6, 6.07) is 6.69. The summed E-state index contributed by atoms with van der Waals surface area (Å²) < 4.78 is 31.7. The highest BCUT2D eigenvalue weighted by Gasteiger charge is 2.35. The minimum absolute atomic E-state index is 0.113. The number of nitrogens with one attached hydrogen (secondary N) is 1. The first-order valence-electron chi connectivity index (χ1n) is 7.50. The molecular weight excluding hydrogens is 396 g/mol. The van der Waals surface area contributed by atoms with Gasteiger partial charge in [-0.25, -0.2) is 8.42 Å². The van der Waals surface area contributed by atoms with Gasteiger partial charge in [0.2, 0.25) is 15.2 Å². The molecule has 26 heavy (non-hydrogen) atoms. The van der Waals surface area contributed by atoms with Crippen molar-refractivity contribution >= 4 is 49.8 Å². The van der Waals surface area contributed by atoms with Crippen LogP contribution in [0.25, 0.3) is 0 Å². The first kappa shape index (κ1) is 18.7. The lowest BCUT2D eigenvalue weighted by Gasteiger charge is -2.33. The number of benzene rings is 1. The van der Waals surface area contributed by atoms with Crippen molar-refractivity contribution in [2.75, 3.05) is 28.2 Å². The van der Waals surface area contributed by atoms with Crippen molar-refractivity contribution in [3.05, 3.63) is 36.9 Å². The summed E-state index contributed by atoms with van der Waals surface area (Å²) in [7, 11) is -3.55. The Morgan fingerprint density at radius 1 is 1.50 bits per heavy atom. The molecular formula is C15H16N4O4S3. The third kappa shape index (κ3) is 4.17. The van der Waals surface area contributed by atoms with Crippen molar-refractivity contribution in [1.29, 1.82) is 0 Å². The fraction of sp³-hybridized carbons (Fsp3) is 0.267. The Balaban J connectivity index is 1.76. The predicted molar refractivity (Wildman–Crippen MR) is 103 cm³/mol. The number of hydrogen-bond acceptors (Lipinski definition) is 8. The van der Waals surface area contributed by atoms with Gasteiger partial charge in [0.05, 0.1) is 18.5 Å². The lowest BCUT2D eigenvalue weighted by atomic mass is 10.2. The maximum Gasteiger partial charge on any atom is 0.269 e. The van der Waals surface area contributed by atoms with Gasteiger partial charge in [0.25, 0.3) is 5.91 Å². The van der Waals surface area contributed by atoms with E-state index in [9.17, 15) is 13.2 Å². The highest BCUT2D eigenvalue weighted by Crippen LogP contribution is 2.35. The molecule has 1 N–H and O–H groups in total. The van der Waals surface area contributed by atoms with Crippen LogP contribution >= 0.6 is 23.1 Å². The predicted octanol–water partition coefficient (Wildman–Crippen LogP) is 1.98. The SMILES string of the molecule is C=CCSc1nnc(NC(=O)[C@H]2CN(S(C)(=O)=O)c3ccccc3O2)s1. The van der Waals surface area contributed by atoms with Crippen LogP contribution in [-0.4, -0.2) is 49.2 Å². The fourth-order valence-electron chi connectivity index (χ4n) is 2.29. The van der Waals surface area contributed by atoms with E-state index in [-0.39, 0.29) is 6.54 Å². The Bertz CT molecular complexity index is 928. The van der Waals surface area contributed by atoms with E-state index in [1.807, 2.05) is 0 Å². The minimum atomic E-state index is -3.55. The smallest absolute Gasteiger partial charge is 0.269 e. The molecule has 0 saturated heterocycles. The Labute approximate surface area is 159 Å². The maximum absolute atomic E-state index is 12.5. The zero-order valence-corrected chi connectivity index (χ0v) is 16.2. The molecule has 8 nitrogen and oxygen atoms in total. The van der Waals surface area contributed by atoms with Crippen molar-refractivity contribution in [1.82, 2.24) is 10.2 Å². The number of amides is 1. The molecule has 2 aromatic rings. The molecule has 11 heteroatoms. The second-order valence-electron chi connectivity index (χ2n) is 5.33. The van der Waals surface area contributed by atoms with Crippen LogP contribution in [0.3, 0.4) is 0 Å². The molecule has 0 spiro atoms. The summed E-state index contributed by atoms with van der Waals surface area (Å²) >= 11 is 2.69. The summed E-state index contributed by atoms with van der Waals surface area (Å²) in [4.78, 5) is 12.5. The standard InChI is InChI=1S/C15H16N4O4S3/c1-3-8-24-15-18-17-14(25-15)16-13(20)12-9-19(26(2,21)22)10-6-4-5-7-11(10)23-12/h3-7,12H,1,8-9H2,2H3,(H,16,17,20)/t12-/m1/s1. The van der Waals surface area contributed by atoms with Gasteiger partial charge in [0.15, 0.2) is 10.4 Å². The number of nitrogens with zero attached hydrogens (tertiary/aromatic N) is 3. The van der Waals surface area contributed by atoms with Crippen LogP contribution in [0.2, 0.25) is 0 Å². The molecule has 0 unspecified atom stereocenters. The van der Waals surface area contributed by atoms with Crippen molar-refractivity contribution < 1.29 is 17.9 Å². The largest absolute Gasteiger partial charge is 0.476 e. The van der Waals surface area contributed by atoms with E-state index < -0.39 is 22.0 Å². The number of carbonyl (C=O) groups is 1. The quantitative estimate of drug-likeness (QED) is 0.440. The second kappa shape index (κ2) is 7.64. The van der Waals surface area contributed by atoms with Gasteiger partial charge in [-0.1, -0.05) is 41.3 Å². The number of ether oxygens (including phenoxy) is 1. The van der Waals surface area contributed by atoms with Crippen LogP contribution in [0.1, 0.15) is 0 Å². The molecule has 1 atom stereocenters. The van der Waals surface area contributed by atoms with Crippen LogP contribution in [0, 0.1) is 0 Å². The van der Waals surface area contributed by atoms with E-state index in [2.05, 4.69) is 22.1 Å². The van der Waals surface area contributed by atoms with E-state index in [1.54, 1.807) is 30.3 Å². The molecule has 1 aromatic carbocycles. The molecule has 3 rings (SSSR count). The molecule has 0 bridgehead atoms. The van der Waals surface area contributed by atoms with Gasteiger partial charge < -0.3 is 4.74 Å². The molecule has 2 heterocycles. The van der Waals surface area contributed by atoms with Crippen molar-refractivity contribution in [3.8, 4) is 5.75 Å². The lowest BCUT2D eigenvalue weighted by Crippen LogP contribution is -2.48. The first-order valence-corrected chi connectivity index (χ1v) is 11.1. The molecule has 0 fully saturated rings. The monoisotopic (exact) mass is 412 g/mol. The third-order valence-corrected chi connectivity index (χ3v) is 6.50. The maximum atomic E-state index is 12.5. The van der Waals surface area contributed by atoms with Crippen LogP contribution in [0.4, 0.5) is 10.8 Å². The van der Waals surface area contributed by atoms with E-state index in [0.717, 1.165) is 6.26 Å². The second-order valence-corrected chi connectivity index (χ2v) is 9.48. The summed E-state index contributed by atoms with van der Waals surface area (Å²) in [5.74, 6) is 0.544. The summed E-state index contributed by atoms with van der Waals surface area (Å²) in [6.45, 7) is 3.52. The number of para-hydroxylation sites is 2. The molecule has 0 radical (unpaired) electrons.